The minimum atomic E-state index is -4.36. The maximum atomic E-state index is 12.7. The molecule has 0 unspecified atom stereocenters. The largest absolute Gasteiger partial charge is 0.467 e. The standard InChI is InChI=1S/C19H12F3N3O2/c20-19(21,22)14-5-2-12(3-6-14)13-4-7-16-15(10-13)18(25-27-16)26-11-17-23-8-1-9-24-17/h1-10H,11H2. The Labute approximate surface area is 151 Å². The quantitative estimate of drug-likeness (QED) is 0.512. The molecule has 0 fully saturated rings. The molecule has 27 heavy (non-hydrogen) atoms. The Hall–Kier alpha value is -3.42. The molecule has 0 aliphatic carbocycles. The van der Waals surface area contributed by atoms with Crippen LogP contribution in [-0.2, 0) is 12.8 Å². The Balaban J connectivity index is 1.61. The zero-order valence-corrected chi connectivity index (χ0v) is 13.8. The minimum Gasteiger partial charge on any atom is -0.467 e. The number of benzene rings is 2. The Morgan fingerprint density at radius 2 is 1.63 bits per heavy atom. The third kappa shape index (κ3) is 3.59. The molecule has 0 saturated heterocycles. The van der Waals surface area contributed by atoms with Crippen molar-refractivity contribution in [3.8, 4) is 17.0 Å². The Morgan fingerprint density at radius 1 is 0.926 bits per heavy atom. The van der Waals surface area contributed by atoms with E-state index in [1.807, 2.05) is 0 Å². The van der Waals surface area contributed by atoms with Crippen molar-refractivity contribution in [1.29, 1.82) is 0 Å². The molecule has 4 rings (SSSR count). The predicted octanol–water partition coefficient (Wildman–Crippen LogP) is 4.88. The number of alkyl halides is 3. The van der Waals surface area contributed by atoms with Crippen LogP contribution in [0.2, 0.25) is 0 Å². The van der Waals surface area contributed by atoms with Crippen molar-refractivity contribution < 1.29 is 22.4 Å². The highest BCUT2D eigenvalue weighted by molar-refractivity contribution is 5.87. The van der Waals surface area contributed by atoms with Gasteiger partial charge in [0.1, 0.15) is 6.61 Å². The van der Waals surface area contributed by atoms with Gasteiger partial charge in [-0.1, -0.05) is 18.2 Å². The first-order valence-corrected chi connectivity index (χ1v) is 7.96. The minimum absolute atomic E-state index is 0.118. The summed E-state index contributed by atoms with van der Waals surface area (Å²) in [6.45, 7) is 0.118. The highest BCUT2D eigenvalue weighted by atomic mass is 19.4. The lowest BCUT2D eigenvalue weighted by Crippen LogP contribution is -2.03. The van der Waals surface area contributed by atoms with Gasteiger partial charge in [-0.3, -0.25) is 0 Å². The van der Waals surface area contributed by atoms with Gasteiger partial charge < -0.3 is 9.26 Å². The van der Waals surface area contributed by atoms with E-state index >= 15 is 0 Å². The average molecular weight is 371 g/mol. The number of ether oxygens (including phenoxy) is 1. The smallest absolute Gasteiger partial charge is 0.416 e. The van der Waals surface area contributed by atoms with E-state index in [0.29, 0.717) is 22.4 Å². The van der Waals surface area contributed by atoms with E-state index in [9.17, 15) is 13.2 Å². The molecule has 2 aromatic heterocycles. The molecule has 2 heterocycles. The number of hydrogen-bond acceptors (Lipinski definition) is 5. The van der Waals surface area contributed by atoms with E-state index in [4.69, 9.17) is 9.26 Å². The molecule has 5 nitrogen and oxygen atoms in total. The molecular formula is C19H12F3N3O2. The van der Waals surface area contributed by atoms with Crippen LogP contribution >= 0.6 is 0 Å². The highest BCUT2D eigenvalue weighted by Crippen LogP contribution is 2.33. The summed E-state index contributed by atoms with van der Waals surface area (Å²) in [7, 11) is 0. The Bertz CT molecular complexity index is 1060. The number of hydrogen-bond donors (Lipinski definition) is 0. The van der Waals surface area contributed by atoms with Gasteiger partial charge in [0, 0.05) is 12.4 Å². The van der Waals surface area contributed by atoms with Crippen molar-refractivity contribution in [2.45, 2.75) is 12.8 Å². The second-order valence-corrected chi connectivity index (χ2v) is 5.73. The summed E-state index contributed by atoms with van der Waals surface area (Å²) in [4.78, 5) is 8.13. The van der Waals surface area contributed by atoms with Crippen molar-refractivity contribution in [3.05, 3.63) is 72.3 Å². The topological polar surface area (TPSA) is 61.0 Å². The van der Waals surface area contributed by atoms with E-state index in [1.165, 1.54) is 12.1 Å². The fourth-order valence-corrected chi connectivity index (χ4v) is 2.59. The maximum absolute atomic E-state index is 12.7. The van der Waals surface area contributed by atoms with Crippen LogP contribution < -0.4 is 4.74 Å². The van der Waals surface area contributed by atoms with Crippen molar-refractivity contribution >= 4 is 11.0 Å². The van der Waals surface area contributed by atoms with Crippen LogP contribution in [0.3, 0.4) is 0 Å². The zero-order valence-electron chi connectivity index (χ0n) is 13.8. The van der Waals surface area contributed by atoms with Crippen molar-refractivity contribution in [2.75, 3.05) is 0 Å². The summed E-state index contributed by atoms with van der Waals surface area (Å²) >= 11 is 0. The molecule has 0 radical (unpaired) electrons. The van der Waals surface area contributed by atoms with E-state index < -0.39 is 11.7 Å². The lowest BCUT2D eigenvalue weighted by Gasteiger charge is -2.08. The summed E-state index contributed by atoms with van der Waals surface area (Å²) < 4.78 is 49.0. The molecule has 2 aromatic carbocycles. The van der Waals surface area contributed by atoms with E-state index in [1.54, 1.807) is 36.7 Å². The third-order valence-electron chi connectivity index (χ3n) is 3.94. The van der Waals surface area contributed by atoms with Gasteiger partial charge in [-0.2, -0.15) is 13.2 Å². The first-order valence-electron chi connectivity index (χ1n) is 7.96. The molecule has 136 valence electrons. The first-order chi connectivity index (χ1) is 13.0. The maximum Gasteiger partial charge on any atom is 0.416 e. The zero-order chi connectivity index (χ0) is 18.9. The molecule has 8 heteroatoms. The van der Waals surface area contributed by atoms with Gasteiger partial charge in [-0.05, 0) is 46.6 Å². The molecule has 0 saturated carbocycles. The van der Waals surface area contributed by atoms with Crippen LogP contribution in [-0.4, -0.2) is 15.1 Å². The lowest BCUT2D eigenvalue weighted by atomic mass is 10.0. The first kappa shape index (κ1) is 17.0. The molecule has 0 bridgehead atoms. The number of nitrogens with zero attached hydrogens (tertiary/aromatic N) is 3. The molecule has 0 amide bonds. The fourth-order valence-electron chi connectivity index (χ4n) is 2.59. The van der Waals surface area contributed by atoms with Crippen LogP contribution in [0.15, 0.2) is 65.4 Å². The molecule has 0 aliphatic rings. The molecule has 4 aromatic rings. The van der Waals surface area contributed by atoms with Crippen LogP contribution in [0.1, 0.15) is 11.4 Å². The van der Waals surface area contributed by atoms with Gasteiger partial charge in [-0.15, -0.1) is 0 Å². The second kappa shape index (κ2) is 6.71. The summed E-state index contributed by atoms with van der Waals surface area (Å²) in [6.07, 6.45) is -1.15. The van der Waals surface area contributed by atoms with Gasteiger partial charge in [-0.25, -0.2) is 9.97 Å². The number of fused-ring (bicyclic) bond motifs is 1. The SMILES string of the molecule is FC(F)(F)c1ccc(-c2ccc3onc(OCc4ncccn4)c3c2)cc1. The van der Waals surface area contributed by atoms with E-state index in [0.717, 1.165) is 17.7 Å². The molecule has 0 spiro atoms. The second-order valence-electron chi connectivity index (χ2n) is 5.73. The monoisotopic (exact) mass is 371 g/mol. The fraction of sp³-hybridized carbons (Fsp3) is 0.105. The van der Waals surface area contributed by atoms with Crippen LogP contribution in [0.4, 0.5) is 13.2 Å². The Morgan fingerprint density at radius 3 is 2.33 bits per heavy atom. The molecular weight excluding hydrogens is 359 g/mol. The number of halogens is 3. The summed E-state index contributed by atoms with van der Waals surface area (Å²) in [5, 5.41) is 4.50. The van der Waals surface area contributed by atoms with Crippen LogP contribution in [0.5, 0.6) is 5.88 Å². The van der Waals surface area contributed by atoms with Gasteiger partial charge in [0.25, 0.3) is 5.88 Å². The lowest BCUT2D eigenvalue weighted by molar-refractivity contribution is -0.137. The molecule has 0 atom stereocenters. The molecule has 0 N–H and O–H groups in total. The third-order valence-corrected chi connectivity index (χ3v) is 3.94. The molecule has 0 aliphatic heterocycles. The van der Waals surface area contributed by atoms with Crippen LogP contribution in [0.25, 0.3) is 22.1 Å². The van der Waals surface area contributed by atoms with Crippen molar-refractivity contribution in [2.24, 2.45) is 0 Å². The van der Waals surface area contributed by atoms with Crippen LogP contribution in [0, 0.1) is 0 Å². The normalized spacial score (nSPS) is 11.7. The number of aromatic nitrogens is 3. The van der Waals surface area contributed by atoms with Gasteiger partial charge in [0.2, 0.25) is 0 Å². The van der Waals surface area contributed by atoms with Gasteiger partial charge >= 0.3 is 6.18 Å². The number of rotatable bonds is 4. The highest BCUT2D eigenvalue weighted by Gasteiger charge is 2.30. The van der Waals surface area contributed by atoms with Crippen molar-refractivity contribution in [1.82, 2.24) is 15.1 Å². The van der Waals surface area contributed by atoms with E-state index in [2.05, 4.69) is 15.1 Å². The van der Waals surface area contributed by atoms with Gasteiger partial charge in [0.05, 0.1) is 10.9 Å². The predicted molar refractivity (Wildman–Crippen MR) is 90.8 cm³/mol. The van der Waals surface area contributed by atoms with E-state index in [-0.39, 0.29) is 12.5 Å². The summed E-state index contributed by atoms with van der Waals surface area (Å²) in [5.74, 6) is 0.763. The summed E-state index contributed by atoms with van der Waals surface area (Å²) in [6, 6.07) is 11.9. The van der Waals surface area contributed by atoms with Crippen molar-refractivity contribution in [3.63, 3.8) is 0 Å². The van der Waals surface area contributed by atoms with Gasteiger partial charge in [0.15, 0.2) is 11.4 Å². The summed E-state index contributed by atoms with van der Waals surface area (Å²) in [5.41, 5.74) is 1.18. The average Bonchev–Trinajstić information content (AvgIpc) is 3.09. The Kier molecular flexibility index (Phi) is 4.23.